The molecule has 0 atom stereocenters. The van der Waals surface area contributed by atoms with Gasteiger partial charge in [-0.25, -0.2) is 0 Å². The third kappa shape index (κ3) is 3.81. The second-order valence-corrected chi connectivity index (χ2v) is 7.69. The molecule has 0 radical (unpaired) electrons. The van der Waals surface area contributed by atoms with E-state index in [4.69, 9.17) is 9.15 Å². The average molecular weight is 384 g/mol. The molecule has 0 saturated heterocycles. The van der Waals surface area contributed by atoms with Gasteiger partial charge in [-0.1, -0.05) is 65.7 Å². The van der Waals surface area contributed by atoms with Gasteiger partial charge in [-0.2, -0.15) is 0 Å². The van der Waals surface area contributed by atoms with Gasteiger partial charge in [0.05, 0.1) is 5.39 Å². The van der Waals surface area contributed by atoms with Crippen LogP contribution in [0.15, 0.2) is 69.9 Å². The van der Waals surface area contributed by atoms with E-state index < -0.39 is 0 Å². The smallest absolute Gasteiger partial charge is 0.235 e. The normalized spacial score (nSPS) is 11.0. The molecule has 146 valence electrons. The van der Waals surface area contributed by atoms with E-state index in [1.54, 1.807) is 0 Å². The molecule has 0 spiro atoms. The topological polar surface area (TPSA) is 39.4 Å². The van der Waals surface area contributed by atoms with Crippen molar-refractivity contribution in [3.63, 3.8) is 0 Å². The fourth-order valence-electron chi connectivity index (χ4n) is 3.50. The van der Waals surface area contributed by atoms with Crippen molar-refractivity contribution < 1.29 is 9.15 Å². The number of benzene rings is 3. The average Bonchev–Trinajstić information content (AvgIpc) is 2.70. The Bertz CT molecular complexity index is 1230. The highest BCUT2D eigenvalue weighted by atomic mass is 16.5. The number of hydrogen-bond donors (Lipinski definition) is 0. The number of ether oxygens (including phenoxy) is 1. The number of aryl methyl sites for hydroxylation is 4. The van der Waals surface area contributed by atoms with Gasteiger partial charge in [0.15, 0.2) is 5.76 Å². The minimum Gasteiger partial charge on any atom is -0.481 e. The number of hydrogen-bond acceptors (Lipinski definition) is 3. The van der Waals surface area contributed by atoms with Gasteiger partial charge in [0, 0.05) is 5.56 Å². The molecule has 0 bridgehead atoms. The maximum atomic E-state index is 13.4. The first-order valence-corrected chi connectivity index (χ1v) is 9.76. The van der Waals surface area contributed by atoms with E-state index in [1.165, 1.54) is 5.56 Å². The van der Waals surface area contributed by atoms with Gasteiger partial charge in [-0.05, 0) is 50.5 Å². The first kappa shape index (κ1) is 19.0. The second-order valence-electron chi connectivity index (χ2n) is 7.69. The molecule has 0 amide bonds. The zero-order valence-corrected chi connectivity index (χ0v) is 17.2. The van der Waals surface area contributed by atoms with Crippen LogP contribution < -0.4 is 10.2 Å². The summed E-state index contributed by atoms with van der Waals surface area (Å²) in [5.41, 5.74) is 6.60. The monoisotopic (exact) mass is 384 g/mol. The molecule has 4 aromatic rings. The highest BCUT2D eigenvalue weighted by Crippen LogP contribution is 2.33. The molecule has 1 aromatic heterocycles. The molecule has 0 aliphatic heterocycles. The standard InChI is InChI=1S/C26H24O3/c1-16-5-9-20(10-6-16)15-28-26-23(27)22-14-18(3)13-19(4)24(22)29-25(26)21-11-7-17(2)8-12-21/h5-14H,15H2,1-4H3. The fourth-order valence-corrected chi connectivity index (χ4v) is 3.50. The summed E-state index contributed by atoms with van der Waals surface area (Å²) < 4.78 is 12.3. The van der Waals surface area contributed by atoms with E-state index in [9.17, 15) is 4.79 Å². The van der Waals surface area contributed by atoms with E-state index in [-0.39, 0.29) is 11.2 Å². The largest absolute Gasteiger partial charge is 0.481 e. The van der Waals surface area contributed by atoms with Crippen LogP contribution in [0, 0.1) is 27.7 Å². The van der Waals surface area contributed by atoms with Crippen LogP contribution in [0.1, 0.15) is 27.8 Å². The third-order valence-corrected chi connectivity index (χ3v) is 5.10. The van der Waals surface area contributed by atoms with Gasteiger partial charge in [-0.3, -0.25) is 4.79 Å². The Kier molecular flexibility index (Phi) is 4.98. The van der Waals surface area contributed by atoms with Crippen molar-refractivity contribution in [2.45, 2.75) is 34.3 Å². The molecule has 3 nitrogen and oxygen atoms in total. The van der Waals surface area contributed by atoms with Crippen LogP contribution in [0.5, 0.6) is 5.75 Å². The van der Waals surface area contributed by atoms with Crippen LogP contribution in [-0.4, -0.2) is 0 Å². The highest BCUT2D eigenvalue weighted by Gasteiger charge is 2.19. The summed E-state index contributed by atoms with van der Waals surface area (Å²) >= 11 is 0. The van der Waals surface area contributed by atoms with Gasteiger partial charge >= 0.3 is 0 Å². The second kappa shape index (κ2) is 7.59. The van der Waals surface area contributed by atoms with Crippen LogP contribution in [0.3, 0.4) is 0 Å². The van der Waals surface area contributed by atoms with Crippen LogP contribution in [0.4, 0.5) is 0 Å². The molecule has 0 fully saturated rings. The van der Waals surface area contributed by atoms with Gasteiger partial charge in [-0.15, -0.1) is 0 Å². The predicted molar refractivity (Wildman–Crippen MR) is 118 cm³/mol. The molecule has 0 aliphatic rings. The molecule has 1 heterocycles. The molecule has 3 aromatic carbocycles. The predicted octanol–water partition coefficient (Wildman–Crippen LogP) is 6.27. The zero-order chi connectivity index (χ0) is 20.5. The van der Waals surface area contributed by atoms with Crippen molar-refractivity contribution in [2.75, 3.05) is 0 Å². The van der Waals surface area contributed by atoms with E-state index in [0.717, 1.165) is 27.8 Å². The van der Waals surface area contributed by atoms with E-state index in [1.807, 2.05) is 88.4 Å². The molecule has 0 aliphatic carbocycles. The van der Waals surface area contributed by atoms with E-state index in [0.29, 0.717) is 23.3 Å². The van der Waals surface area contributed by atoms with Gasteiger partial charge in [0.25, 0.3) is 0 Å². The summed E-state index contributed by atoms with van der Waals surface area (Å²) in [5, 5.41) is 0.553. The van der Waals surface area contributed by atoms with Gasteiger partial charge in [0.1, 0.15) is 12.2 Å². The van der Waals surface area contributed by atoms with Crippen molar-refractivity contribution in [1.29, 1.82) is 0 Å². The molecule has 0 N–H and O–H groups in total. The minimum atomic E-state index is -0.138. The Hall–Kier alpha value is -3.33. The van der Waals surface area contributed by atoms with E-state index in [2.05, 4.69) is 0 Å². The van der Waals surface area contributed by atoms with Gasteiger partial charge in [0.2, 0.25) is 11.2 Å². The van der Waals surface area contributed by atoms with Crippen LogP contribution in [0.2, 0.25) is 0 Å². The van der Waals surface area contributed by atoms with Crippen molar-refractivity contribution in [2.24, 2.45) is 0 Å². The molecule has 0 saturated carbocycles. The lowest BCUT2D eigenvalue weighted by Crippen LogP contribution is -2.11. The fraction of sp³-hybridized carbons (Fsp3) is 0.192. The molecule has 4 rings (SSSR count). The van der Waals surface area contributed by atoms with Crippen LogP contribution >= 0.6 is 0 Å². The highest BCUT2D eigenvalue weighted by molar-refractivity contribution is 5.85. The van der Waals surface area contributed by atoms with Crippen LogP contribution in [0.25, 0.3) is 22.3 Å². The summed E-state index contributed by atoms with van der Waals surface area (Å²) in [6.45, 7) is 8.32. The molecule has 29 heavy (non-hydrogen) atoms. The number of fused-ring (bicyclic) bond motifs is 1. The Balaban J connectivity index is 1.88. The van der Waals surface area contributed by atoms with Crippen molar-refractivity contribution >= 4 is 11.0 Å². The Labute approximate surface area is 170 Å². The Morgan fingerprint density at radius 3 is 2.07 bits per heavy atom. The lowest BCUT2D eigenvalue weighted by atomic mass is 10.0. The van der Waals surface area contributed by atoms with E-state index >= 15 is 0 Å². The maximum Gasteiger partial charge on any atom is 0.235 e. The summed E-state index contributed by atoms with van der Waals surface area (Å²) in [5.74, 6) is 0.730. The summed E-state index contributed by atoms with van der Waals surface area (Å²) in [6, 6.07) is 19.9. The SMILES string of the molecule is Cc1ccc(COc2c(-c3ccc(C)cc3)oc3c(C)cc(C)cc3c2=O)cc1. The summed E-state index contributed by atoms with van der Waals surface area (Å²) in [4.78, 5) is 13.4. The lowest BCUT2D eigenvalue weighted by Gasteiger charge is -2.13. The maximum absolute atomic E-state index is 13.4. The first-order valence-electron chi connectivity index (χ1n) is 9.76. The Morgan fingerprint density at radius 1 is 0.793 bits per heavy atom. The van der Waals surface area contributed by atoms with Crippen molar-refractivity contribution in [1.82, 2.24) is 0 Å². The third-order valence-electron chi connectivity index (χ3n) is 5.10. The first-order chi connectivity index (χ1) is 13.9. The van der Waals surface area contributed by atoms with Gasteiger partial charge < -0.3 is 9.15 Å². The Morgan fingerprint density at radius 2 is 1.41 bits per heavy atom. The van der Waals surface area contributed by atoms with Crippen molar-refractivity contribution in [3.05, 3.63) is 98.7 Å². The minimum absolute atomic E-state index is 0.138. The summed E-state index contributed by atoms with van der Waals surface area (Å²) in [6.07, 6.45) is 0. The molecular weight excluding hydrogens is 360 g/mol. The molecule has 3 heteroatoms. The quantitative estimate of drug-likeness (QED) is 0.416. The van der Waals surface area contributed by atoms with Crippen molar-refractivity contribution in [3.8, 4) is 17.1 Å². The molecular formula is C26H24O3. The molecule has 0 unspecified atom stereocenters. The summed E-state index contributed by atoms with van der Waals surface area (Å²) in [7, 11) is 0. The number of rotatable bonds is 4. The lowest BCUT2D eigenvalue weighted by molar-refractivity contribution is 0.298. The van der Waals surface area contributed by atoms with Crippen LogP contribution in [-0.2, 0) is 6.61 Å². The zero-order valence-electron chi connectivity index (χ0n) is 17.2.